The van der Waals surface area contributed by atoms with Crippen molar-refractivity contribution in [1.29, 1.82) is 0 Å². The predicted octanol–water partition coefficient (Wildman–Crippen LogP) is 1.31. The van der Waals surface area contributed by atoms with Crippen LogP contribution in [0.4, 0.5) is 0 Å². The van der Waals surface area contributed by atoms with Crippen molar-refractivity contribution in [3.8, 4) is 0 Å². The minimum Gasteiger partial charge on any atom is -0.390 e. The number of unbranched alkanes of at least 4 members (excludes halogenated alkanes) is 1. The molecule has 0 aromatic heterocycles. The fraction of sp³-hybridized carbons (Fsp3) is 0.533. The standard InChI is InChI=1S/C15H21NO3/c1-2-3-8-12(17)15(19)16-14-11-7-5-4-6-10(11)9-13(14)18/h4-7,12-14,17-18H,2-3,8-9H2,1H3,(H,16,19)/t12?,13-,14+/m1/s1. The zero-order chi connectivity index (χ0) is 13.8. The second kappa shape index (κ2) is 6.17. The van der Waals surface area contributed by atoms with Gasteiger partial charge in [-0.3, -0.25) is 4.79 Å². The average molecular weight is 263 g/mol. The number of benzene rings is 1. The van der Waals surface area contributed by atoms with E-state index < -0.39 is 24.2 Å². The van der Waals surface area contributed by atoms with Crippen LogP contribution in [0.15, 0.2) is 24.3 Å². The van der Waals surface area contributed by atoms with Gasteiger partial charge in [0.05, 0.1) is 12.1 Å². The quantitative estimate of drug-likeness (QED) is 0.750. The molecule has 104 valence electrons. The van der Waals surface area contributed by atoms with E-state index in [1.165, 1.54) is 0 Å². The van der Waals surface area contributed by atoms with Crippen molar-refractivity contribution in [3.63, 3.8) is 0 Å². The number of fused-ring (bicyclic) bond motifs is 1. The summed E-state index contributed by atoms with van der Waals surface area (Å²) in [6.07, 6.45) is 1.18. The second-order valence-corrected chi connectivity index (χ2v) is 5.11. The van der Waals surface area contributed by atoms with Crippen LogP contribution in [0, 0.1) is 0 Å². The monoisotopic (exact) mass is 263 g/mol. The molecule has 0 saturated carbocycles. The number of rotatable bonds is 5. The Morgan fingerprint density at radius 2 is 2.21 bits per heavy atom. The number of carbonyl (C=O) groups is 1. The number of hydrogen-bond acceptors (Lipinski definition) is 3. The predicted molar refractivity (Wildman–Crippen MR) is 72.6 cm³/mol. The molecule has 1 amide bonds. The van der Waals surface area contributed by atoms with Gasteiger partial charge in [-0.05, 0) is 17.5 Å². The number of carbonyl (C=O) groups excluding carboxylic acids is 1. The van der Waals surface area contributed by atoms with Gasteiger partial charge in [-0.15, -0.1) is 0 Å². The minimum atomic E-state index is -0.986. The lowest BCUT2D eigenvalue weighted by molar-refractivity contribution is -0.131. The maximum absolute atomic E-state index is 11.9. The van der Waals surface area contributed by atoms with Crippen LogP contribution in [0.25, 0.3) is 0 Å². The fourth-order valence-corrected chi connectivity index (χ4v) is 2.53. The lowest BCUT2D eigenvalue weighted by atomic mass is 10.1. The molecule has 1 aromatic carbocycles. The molecule has 1 aromatic rings. The summed E-state index contributed by atoms with van der Waals surface area (Å²) >= 11 is 0. The second-order valence-electron chi connectivity index (χ2n) is 5.11. The van der Waals surface area contributed by atoms with E-state index >= 15 is 0 Å². The summed E-state index contributed by atoms with van der Waals surface area (Å²) < 4.78 is 0. The molecule has 0 saturated heterocycles. The maximum Gasteiger partial charge on any atom is 0.249 e. The van der Waals surface area contributed by atoms with Gasteiger partial charge in [-0.2, -0.15) is 0 Å². The summed E-state index contributed by atoms with van der Waals surface area (Å²) in [6, 6.07) is 7.28. The summed E-state index contributed by atoms with van der Waals surface area (Å²) in [4.78, 5) is 11.9. The zero-order valence-electron chi connectivity index (χ0n) is 11.2. The Balaban J connectivity index is 2.01. The first-order valence-electron chi connectivity index (χ1n) is 6.87. The van der Waals surface area contributed by atoms with Gasteiger partial charge in [0.25, 0.3) is 0 Å². The van der Waals surface area contributed by atoms with Crippen LogP contribution in [0.5, 0.6) is 0 Å². The summed E-state index contributed by atoms with van der Waals surface area (Å²) in [5.41, 5.74) is 2.01. The summed E-state index contributed by atoms with van der Waals surface area (Å²) in [5, 5.41) is 22.5. The number of hydrogen-bond donors (Lipinski definition) is 3. The molecule has 0 radical (unpaired) electrons. The van der Waals surface area contributed by atoms with E-state index in [-0.39, 0.29) is 0 Å². The van der Waals surface area contributed by atoms with Gasteiger partial charge >= 0.3 is 0 Å². The normalized spacial score (nSPS) is 22.9. The first kappa shape index (κ1) is 14.0. The molecule has 0 aliphatic heterocycles. The minimum absolute atomic E-state index is 0.394. The topological polar surface area (TPSA) is 69.6 Å². The Morgan fingerprint density at radius 3 is 2.95 bits per heavy atom. The molecule has 1 aliphatic rings. The first-order valence-corrected chi connectivity index (χ1v) is 6.87. The van der Waals surface area contributed by atoms with Crippen molar-refractivity contribution in [1.82, 2.24) is 5.32 Å². The van der Waals surface area contributed by atoms with E-state index in [0.717, 1.165) is 24.0 Å². The highest BCUT2D eigenvalue weighted by atomic mass is 16.3. The molecule has 0 spiro atoms. The Kier molecular flexibility index (Phi) is 4.56. The van der Waals surface area contributed by atoms with Crippen LogP contribution in [-0.4, -0.2) is 28.3 Å². The van der Waals surface area contributed by atoms with E-state index in [4.69, 9.17) is 0 Å². The number of nitrogens with one attached hydrogen (secondary N) is 1. The molecule has 3 atom stereocenters. The third-order valence-electron chi connectivity index (χ3n) is 3.64. The maximum atomic E-state index is 11.9. The Hall–Kier alpha value is -1.39. The van der Waals surface area contributed by atoms with E-state index in [2.05, 4.69) is 5.32 Å². The molecule has 3 N–H and O–H groups in total. The molecule has 0 heterocycles. The van der Waals surface area contributed by atoms with Crippen LogP contribution < -0.4 is 5.32 Å². The van der Waals surface area contributed by atoms with Crippen molar-refractivity contribution >= 4 is 5.91 Å². The number of aliphatic hydroxyl groups excluding tert-OH is 2. The van der Waals surface area contributed by atoms with Gasteiger partial charge in [0.1, 0.15) is 6.10 Å². The summed E-state index contributed by atoms with van der Waals surface area (Å²) in [5.74, 6) is -0.394. The van der Waals surface area contributed by atoms with Crippen molar-refractivity contribution in [2.24, 2.45) is 0 Å². The molecule has 4 heteroatoms. The van der Waals surface area contributed by atoms with Crippen molar-refractivity contribution in [3.05, 3.63) is 35.4 Å². The molecule has 19 heavy (non-hydrogen) atoms. The average Bonchev–Trinajstić information content (AvgIpc) is 2.72. The third kappa shape index (κ3) is 3.14. The van der Waals surface area contributed by atoms with Gasteiger partial charge in [-0.25, -0.2) is 0 Å². The number of amides is 1. The molecule has 1 aliphatic carbocycles. The van der Waals surface area contributed by atoms with Gasteiger partial charge in [0, 0.05) is 6.42 Å². The Bertz CT molecular complexity index is 447. The Labute approximate surface area is 113 Å². The van der Waals surface area contributed by atoms with Crippen molar-refractivity contribution in [2.45, 2.75) is 50.9 Å². The fourth-order valence-electron chi connectivity index (χ4n) is 2.53. The van der Waals surface area contributed by atoms with Crippen LogP contribution in [-0.2, 0) is 11.2 Å². The molecule has 0 bridgehead atoms. The van der Waals surface area contributed by atoms with Gasteiger partial charge in [0.2, 0.25) is 5.91 Å². The molecule has 4 nitrogen and oxygen atoms in total. The highest BCUT2D eigenvalue weighted by molar-refractivity contribution is 5.81. The van der Waals surface area contributed by atoms with E-state index in [9.17, 15) is 15.0 Å². The van der Waals surface area contributed by atoms with E-state index in [0.29, 0.717) is 12.8 Å². The highest BCUT2D eigenvalue weighted by Gasteiger charge is 2.32. The van der Waals surface area contributed by atoms with Crippen LogP contribution in [0.2, 0.25) is 0 Å². The summed E-state index contributed by atoms with van der Waals surface area (Å²) in [7, 11) is 0. The first-order chi connectivity index (χ1) is 9.13. The largest absolute Gasteiger partial charge is 0.390 e. The zero-order valence-corrected chi connectivity index (χ0v) is 11.2. The SMILES string of the molecule is CCCCC(O)C(=O)N[C@H]1c2ccccc2C[C@H]1O. The lowest BCUT2D eigenvalue weighted by Gasteiger charge is -2.20. The third-order valence-corrected chi connectivity index (χ3v) is 3.64. The smallest absolute Gasteiger partial charge is 0.249 e. The number of aliphatic hydroxyl groups is 2. The lowest BCUT2D eigenvalue weighted by Crippen LogP contribution is -2.40. The molecule has 2 rings (SSSR count). The van der Waals surface area contributed by atoms with E-state index in [1.54, 1.807) is 0 Å². The van der Waals surface area contributed by atoms with Gasteiger partial charge in [0.15, 0.2) is 0 Å². The van der Waals surface area contributed by atoms with Gasteiger partial charge in [-0.1, -0.05) is 44.0 Å². The molecular weight excluding hydrogens is 242 g/mol. The molecule has 0 fully saturated rings. The van der Waals surface area contributed by atoms with Crippen molar-refractivity contribution < 1.29 is 15.0 Å². The van der Waals surface area contributed by atoms with Crippen molar-refractivity contribution in [2.75, 3.05) is 0 Å². The summed E-state index contributed by atoms with van der Waals surface area (Å²) in [6.45, 7) is 2.02. The van der Waals surface area contributed by atoms with Crippen LogP contribution in [0.3, 0.4) is 0 Å². The van der Waals surface area contributed by atoms with Gasteiger partial charge < -0.3 is 15.5 Å². The highest BCUT2D eigenvalue weighted by Crippen LogP contribution is 2.31. The van der Waals surface area contributed by atoms with E-state index in [1.807, 2.05) is 31.2 Å². The molecule has 1 unspecified atom stereocenters. The molecular formula is C15H21NO3. The van der Waals surface area contributed by atoms with Crippen LogP contribution >= 0.6 is 0 Å². The Morgan fingerprint density at radius 1 is 1.47 bits per heavy atom. The van der Waals surface area contributed by atoms with Crippen LogP contribution in [0.1, 0.15) is 43.4 Å².